The van der Waals surface area contributed by atoms with Crippen LogP contribution < -0.4 is 10.7 Å². The van der Waals surface area contributed by atoms with Crippen LogP contribution in [0.15, 0.2) is 140 Å². The molecule has 186 valence electrons. The zero-order chi connectivity index (χ0) is 26.4. The monoisotopic (exact) mass is 626 g/mol. The predicted molar refractivity (Wildman–Crippen MR) is 156 cm³/mol. The van der Waals surface area contributed by atoms with Crippen LogP contribution in [0.5, 0.6) is 0 Å². The van der Waals surface area contributed by atoms with Crippen molar-refractivity contribution in [3.63, 3.8) is 0 Å². The van der Waals surface area contributed by atoms with Crippen molar-refractivity contribution >= 4 is 58.7 Å². The minimum absolute atomic E-state index is 0.330. The fourth-order valence-electron chi connectivity index (χ4n) is 4.54. The van der Waals surface area contributed by atoms with E-state index < -0.39 is 24.8 Å². The zero-order valence-corrected chi connectivity index (χ0v) is 24.0. The van der Waals surface area contributed by atoms with E-state index in [9.17, 15) is 9.18 Å². The summed E-state index contributed by atoms with van der Waals surface area (Å²) in [4.78, 5) is 14.3. The molecule has 0 aliphatic carbocycles. The average molecular weight is 626 g/mol. The summed E-state index contributed by atoms with van der Waals surface area (Å²) in [6, 6.07) is 43.1. The van der Waals surface area contributed by atoms with E-state index in [0.717, 1.165) is 10.7 Å². The number of rotatable bonds is 7. The van der Waals surface area contributed by atoms with Crippen LogP contribution in [0, 0.1) is 5.82 Å². The van der Waals surface area contributed by atoms with Crippen molar-refractivity contribution in [3.8, 4) is 0 Å². The Morgan fingerprint density at radius 3 is 1.63 bits per heavy atom. The number of halogens is 2. The van der Waals surface area contributed by atoms with Gasteiger partial charge in [-0.3, -0.25) is 0 Å². The van der Waals surface area contributed by atoms with Crippen molar-refractivity contribution in [2.75, 3.05) is 0 Å². The Labute approximate surface area is 231 Å². The Kier molecular flexibility index (Phi) is 8.06. The van der Waals surface area contributed by atoms with Crippen molar-refractivity contribution in [3.05, 3.63) is 161 Å². The molecule has 0 bridgehead atoms. The van der Waals surface area contributed by atoms with Crippen LogP contribution in [-0.4, -0.2) is 24.8 Å². The first kappa shape index (κ1) is 26.0. The second-order valence-corrected chi connectivity index (χ2v) is 18.6. The van der Waals surface area contributed by atoms with Gasteiger partial charge in [0.2, 0.25) is 0 Å². The first-order chi connectivity index (χ1) is 18.6. The molecule has 5 aromatic rings. The summed E-state index contributed by atoms with van der Waals surface area (Å²) in [6.07, 6.45) is 1.67. The van der Waals surface area contributed by atoms with Gasteiger partial charge >= 0.3 is 233 Å². The van der Waals surface area contributed by atoms with Gasteiger partial charge in [-0.2, -0.15) is 0 Å². The van der Waals surface area contributed by atoms with Gasteiger partial charge in [0, 0.05) is 0 Å². The van der Waals surface area contributed by atoms with Crippen LogP contribution in [0.2, 0.25) is 5.02 Å². The Morgan fingerprint density at radius 1 is 0.658 bits per heavy atom. The van der Waals surface area contributed by atoms with Gasteiger partial charge in [-0.05, 0) is 0 Å². The Morgan fingerprint density at radius 2 is 1.16 bits per heavy atom. The predicted octanol–water partition coefficient (Wildman–Crippen LogP) is 6.23. The Bertz CT molecular complexity index is 1460. The number of hydrogen-bond acceptors (Lipinski definition) is 2. The molecule has 0 heterocycles. The quantitative estimate of drug-likeness (QED) is 0.122. The molecular weight excluding hydrogens is 602 g/mol. The number of hydrogen-bond donors (Lipinski definition) is 0. The Balaban J connectivity index is 1.71. The van der Waals surface area contributed by atoms with E-state index in [1.165, 1.54) is 12.1 Å². The summed E-state index contributed by atoms with van der Waals surface area (Å²) in [7, 11) is 0. The van der Waals surface area contributed by atoms with E-state index in [0.29, 0.717) is 21.7 Å². The van der Waals surface area contributed by atoms with Crippen LogP contribution in [0.25, 0.3) is 11.6 Å². The summed E-state index contributed by atoms with van der Waals surface area (Å²) in [5.74, 6) is -0.849. The molecule has 38 heavy (non-hydrogen) atoms. The van der Waals surface area contributed by atoms with Gasteiger partial charge < -0.3 is 0 Å². The summed E-state index contributed by atoms with van der Waals surface area (Å²) in [6.45, 7) is 0. The molecule has 0 atom stereocenters. The van der Waals surface area contributed by atoms with Gasteiger partial charge in [0.1, 0.15) is 0 Å². The first-order valence-corrected chi connectivity index (χ1v) is 18.0. The van der Waals surface area contributed by atoms with Gasteiger partial charge in [0.05, 0.1) is 0 Å². The third-order valence-corrected chi connectivity index (χ3v) is 17.8. The second kappa shape index (κ2) is 11.8. The molecule has 0 spiro atoms. The molecule has 0 amide bonds. The number of carbonyl (C=O) groups is 1. The van der Waals surface area contributed by atoms with E-state index in [1.807, 2.05) is 91.0 Å². The van der Waals surface area contributed by atoms with Gasteiger partial charge in [0.25, 0.3) is 0 Å². The number of carbonyl (C=O) groups excluding carboxylic acids is 1. The molecule has 0 aromatic heterocycles. The summed E-state index contributed by atoms with van der Waals surface area (Å²) >= 11 is 1.78. The molecule has 5 rings (SSSR count). The van der Waals surface area contributed by atoms with E-state index in [2.05, 4.69) is 0 Å². The number of benzene rings is 5. The molecular formula is C33H24ClFO2Sn. The van der Waals surface area contributed by atoms with Crippen LogP contribution in [0.4, 0.5) is 4.39 Å². The molecule has 0 aliphatic rings. The van der Waals surface area contributed by atoms with Crippen molar-refractivity contribution in [2.45, 2.75) is 0 Å². The maximum absolute atomic E-state index is 14.3. The van der Waals surface area contributed by atoms with Gasteiger partial charge in [-0.25, -0.2) is 0 Å². The van der Waals surface area contributed by atoms with Gasteiger partial charge in [-0.1, -0.05) is 0 Å². The van der Waals surface area contributed by atoms with Gasteiger partial charge in [-0.15, -0.1) is 0 Å². The van der Waals surface area contributed by atoms with Crippen LogP contribution >= 0.6 is 11.6 Å². The molecule has 0 fully saturated rings. The SMILES string of the molecule is O=C([O][Sn]([c]1ccccc1)([c]1ccccc1)[c]1ccccc1)/C(=C/c1cccc(F)c1)c1ccc(Cl)cc1. The van der Waals surface area contributed by atoms with E-state index in [1.54, 1.807) is 42.5 Å². The molecule has 0 saturated carbocycles. The third-order valence-electron chi connectivity index (χ3n) is 6.32. The molecule has 0 aliphatic heterocycles. The zero-order valence-electron chi connectivity index (χ0n) is 20.4. The maximum atomic E-state index is 14.3. The molecule has 5 heteroatoms. The fourth-order valence-corrected chi connectivity index (χ4v) is 15.3. The molecule has 5 aromatic carbocycles. The average Bonchev–Trinajstić information content (AvgIpc) is 2.96. The molecule has 2 nitrogen and oxygen atoms in total. The van der Waals surface area contributed by atoms with Crippen molar-refractivity contribution in [2.24, 2.45) is 0 Å². The van der Waals surface area contributed by atoms with E-state index >= 15 is 0 Å². The molecule has 0 unspecified atom stereocenters. The third kappa shape index (κ3) is 5.59. The van der Waals surface area contributed by atoms with E-state index in [4.69, 9.17) is 14.7 Å². The molecule has 0 radical (unpaired) electrons. The van der Waals surface area contributed by atoms with Crippen molar-refractivity contribution < 1.29 is 12.3 Å². The molecule has 0 N–H and O–H groups in total. The normalized spacial score (nSPS) is 11.7. The minimum atomic E-state index is -4.37. The second-order valence-electron chi connectivity index (χ2n) is 8.79. The Hall–Kier alpha value is -3.67. The topological polar surface area (TPSA) is 26.3 Å². The van der Waals surface area contributed by atoms with Crippen LogP contribution in [-0.2, 0) is 7.87 Å². The van der Waals surface area contributed by atoms with Crippen molar-refractivity contribution in [1.82, 2.24) is 0 Å². The summed E-state index contributed by atoms with van der Waals surface area (Å²) in [5.41, 5.74) is 1.53. The van der Waals surface area contributed by atoms with Crippen LogP contribution in [0.3, 0.4) is 0 Å². The van der Waals surface area contributed by atoms with Crippen LogP contribution in [0.1, 0.15) is 11.1 Å². The van der Waals surface area contributed by atoms with Gasteiger partial charge in [0.15, 0.2) is 0 Å². The summed E-state index contributed by atoms with van der Waals surface area (Å²) < 4.78 is 23.9. The summed E-state index contributed by atoms with van der Waals surface area (Å²) in [5, 5.41) is 0.554. The molecule has 0 saturated heterocycles. The first-order valence-electron chi connectivity index (χ1n) is 12.2. The fraction of sp³-hybridized carbons (Fsp3) is 0. The standard InChI is InChI=1S/C15H10ClFO2.3C6H5.Sn/c16-12-6-4-11(5-7-12)14(15(18)19)9-10-2-1-3-13(17)8-10;3*1-2-4-6-5-3-1;/h1-9H,(H,18,19);3*1-5H;/q;;;;+1/p-1/b14-9+;;;;. The van der Waals surface area contributed by atoms with Crippen molar-refractivity contribution in [1.29, 1.82) is 0 Å². The van der Waals surface area contributed by atoms with E-state index in [-0.39, 0.29) is 5.82 Å².